The summed E-state index contributed by atoms with van der Waals surface area (Å²) >= 11 is 0. The van der Waals surface area contributed by atoms with E-state index in [1.54, 1.807) is 6.07 Å². The molecule has 1 aromatic rings. The summed E-state index contributed by atoms with van der Waals surface area (Å²) in [5, 5.41) is 0. The monoisotopic (exact) mass is 228 g/mol. The zero-order chi connectivity index (χ0) is 11.6. The van der Waals surface area contributed by atoms with Crippen molar-refractivity contribution in [3.63, 3.8) is 0 Å². The van der Waals surface area contributed by atoms with Crippen molar-refractivity contribution in [1.29, 1.82) is 0 Å². The highest BCUT2D eigenvalue weighted by molar-refractivity contribution is 7.86. The van der Waals surface area contributed by atoms with Gasteiger partial charge in [0.2, 0.25) is 0 Å². The lowest BCUT2D eigenvalue weighted by Crippen LogP contribution is -2.08. The first kappa shape index (κ1) is 12.0. The van der Waals surface area contributed by atoms with Crippen LogP contribution < -0.4 is 4.18 Å². The summed E-state index contributed by atoms with van der Waals surface area (Å²) in [6.45, 7) is 5.90. The molecule has 0 aliphatic heterocycles. The molecule has 0 aromatic heterocycles. The zero-order valence-corrected chi connectivity index (χ0v) is 10.3. The van der Waals surface area contributed by atoms with Gasteiger partial charge in [-0.25, -0.2) is 0 Å². The fraction of sp³-hybridized carbons (Fsp3) is 0.455. The maximum Gasteiger partial charge on any atom is 0.306 e. The predicted molar refractivity (Wildman–Crippen MR) is 60.7 cm³/mol. The summed E-state index contributed by atoms with van der Waals surface area (Å²) in [7, 11) is -3.45. The van der Waals surface area contributed by atoms with Crippen LogP contribution in [0.4, 0.5) is 0 Å². The van der Waals surface area contributed by atoms with Crippen molar-refractivity contribution in [2.45, 2.75) is 26.7 Å². The first-order valence-electron chi connectivity index (χ1n) is 4.79. The molecule has 0 heterocycles. The highest BCUT2D eigenvalue weighted by Crippen LogP contribution is 2.28. The molecule has 84 valence electrons. The molecule has 0 saturated carbocycles. The number of hydrogen-bond donors (Lipinski definition) is 0. The minimum atomic E-state index is -3.45. The van der Waals surface area contributed by atoms with Crippen LogP contribution in [-0.4, -0.2) is 14.7 Å². The van der Waals surface area contributed by atoms with E-state index in [2.05, 4.69) is 0 Å². The van der Waals surface area contributed by atoms with Gasteiger partial charge in [0.1, 0.15) is 5.75 Å². The van der Waals surface area contributed by atoms with Gasteiger partial charge in [0.15, 0.2) is 0 Å². The number of hydrogen-bond acceptors (Lipinski definition) is 3. The first-order valence-corrected chi connectivity index (χ1v) is 6.61. The van der Waals surface area contributed by atoms with E-state index in [1.165, 1.54) is 0 Å². The second kappa shape index (κ2) is 4.23. The summed E-state index contributed by atoms with van der Waals surface area (Å²) in [5.41, 5.74) is 1.89. The Morgan fingerprint density at radius 3 is 2.33 bits per heavy atom. The van der Waals surface area contributed by atoms with E-state index < -0.39 is 10.1 Å². The summed E-state index contributed by atoms with van der Waals surface area (Å²) in [6.07, 6.45) is 1.06. The van der Waals surface area contributed by atoms with Gasteiger partial charge in [-0.3, -0.25) is 0 Å². The third kappa shape index (κ3) is 3.55. The van der Waals surface area contributed by atoms with Gasteiger partial charge < -0.3 is 4.18 Å². The Morgan fingerprint density at radius 1 is 1.27 bits per heavy atom. The van der Waals surface area contributed by atoms with Crippen LogP contribution >= 0.6 is 0 Å². The molecular weight excluding hydrogens is 212 g/mol. The first-order chi connectivity index (χ1) is 6.79. The van der Waals surface area contributed by atoms with Gasteiger partial charge >= 0.3 is 10.1 Å². The SMILES string of the molecule is Cc1ccc(C(C)C)c(OS(C)(=O)=O)c1. The Bertz CT molecular complexity index is 447. The summed E-state index contributed by atoms with van der Waals surface area (Å²) in [5.74, 6) is 0.676. The average molecular weight is 228 g/mol. The van der Waals surface area contributed by atoms with E-state index in [0.29, 0.717) is 5.75 Å². The number of rotatable bonds is 3. The Kier molecular flexibility index (Phi) is 3.39. The smallest absolute Gasteiger partial charge is 0.306 e. The summed E-state index contributed by atoms with van der Waals surface area (Å²) < 4.78 is 27.1. The van der Waals surface area contributed by atoms with Crippen molar-refractivity contribution in [1.82, 2.24) is 0 Å². The molecule has 1 rings (SSSR count). The van der Waals surface area contributed by atoms with Gasteiger partial charge in [-0.1, -0.05) is 26.0 Å². The van der Waals surface area contributed by atoms with Crippen LogP contribution in [0, 0.1) is 6.92 Å². The predicted octanol–water partition coefficient (Wildman–Crippen LogP) is 2.46. The second-order valence-corrected chi connectivity index (χ2v) is 5.56. The third-order valence-electron chi connectivity index (χ3n) is 2.03. The van der Waals surface area contributed by atoms with Gasteiger partial charge in [0, 0.05) is 0 Å². The molecule has 1 aromatic carbocycles. The molecule has 15 heavy (non-hydrogen) atoms. The molecule has 0 bridgehead atoms. The molecule has 0 N–H and O–H groups in total. The maximum absolute atomic E-state index is 11.1. The van der Waals surface area contributed by atoms with Crippen molar-refractivity contribution in [3.05, 3.63) is 29.3 Å². The van der Waals surface area contributed by atoms with Crippen LogP contribution in [0.3, 0.4) is 0 Å². The van der Waals surface area contributed by atoms with Crippen LogP contribution in [0.1, 0.15) is 30.9 Å². The van der Waals surface area contributed by atoms with Crippen LogP contribution in [-0.2, 0) is 10.1 Å². The Morgan fingerprint density at radius 2 is 1.87 bits per heavy atom. The standard InChI is InChI=1S/C11H16O3S/c1-8(2)10-6-5-9(3)7-11(10)14-15(4,12)13/h5-8H,1-4H3. The Hall–Kier alpha value is -1.03. The summed E-state index contributed by atoms with van der Waals surface area (Å²) in [4.78, 5) is 0. The molecule has 0 saturated heterocycles. The van der Waals surface area contributed by atoms with Crippen molar-refractivity contribution >= 4 is 10.1 Å². The van der Waals surface area contributed by atoms with Crippen LogP contribution in [0.25, 0.3) is 0 Å². The molecule has 4 heteroatoms. The minimum Gasteiger partial charge on any atom is -0.382 e. The van der Waals surface area contributed by atoms with Gasteiger partial charge in [-0.05, 0) is 30.0 Å². The molecule has 0 amide bonds. The quantitative estimate of drug-likeness (QED) is 0.746. The van der Waals surface area contributed by atoms with E-state index in [0.717, 1.165) is 17.4 Å². The van der Waals surface area contributed by atoms with Crippen molar-refractivity contribution < 1.29 is 12.6 Å². The largest absolute Gasteiger partial charge is 0.382 e. The van der Waals surface area contributed by atoms with E-state index >= 15 is 0 Å². The van der Waals surface area contributed by atoms with Gasteiger partial charge in [0.05, 0.1) is 6.26 Å². The molecule has 0 radical (unpaired) electrons. The summed E-state index contributed by atoms with van der Waals surface area (Å²) in [6, 6.07) is 5.60. The third-order valence-corrected chi connectivity index (χ3v) is 2.51. The Labute approximate surface area is 91.2 Å². The van der Waals surface area contributed by atoms with Crippen molar-refractivity contribution in [3.8, 4) is 5.75 Å². The van der Waals surface area contributed by atoms with Gasteiger partial charge in [-0.15, -0.1) is 0 Å². The molecular formula is C11H16O3S. The van der Waals surface area contributed by atoms with E-state index in [4.69, 9.17) is 4.18 Å². The fourth-order valence-electron chi connectivity index (χ4n) is 1.35. The van der Waals surface area contributed by atoms with E-state index in [-0.39, 0.29) is 5.92 Å². The second-order valence-electron chi connectivity index (χ2n) is 3.98. The maximum atomic E-state index is 11.1. The van der Waals surface area contributed by atoms with E-state index in [9.17, 15) is 8.42 Å². The van der Waals surface area contributed by atoms with Gasteiger partial charge in [0.25, 0.3) is 0 Å². The van der Waals surface area contributed by atoms with E-state index in [1.807, 2.05) is 32.9 Å². The number of aryl methyl sites for hydroxylation is 1. The lowest BCUT2D eigenvalue weighted by molar-refractivity contribution is 0.488. The average Bonchev–Trinajstić information content (AvgIpc) is 1.99. The topological polar surface area (TPSA) is 43.4 Å². The fourth-order valence-corrected chi connectivity index (χ4v) is 1.82. The highest BCUT2D eigenvalue weighted by Gasteiger charge is 2.12. The normalized spacial score (nSPS) is 11.8. The molecule has 0 aliphatic rings. The Balaban J connectivity index is 3.19. The van der Waals surface area contributed by atoms with Crippen LogP contribution in [0.2, 0.25) is 0 Å². The van der Waals surface area contributed by atoms with Crippen LogP contribution in [0.5, 0.6) is 5.75 Å². The molecule has 0 aliphatic carbocycles. The van der Waals surface area contributed by atoms with Crippen LogP contribution in [0.15, 0.2) is 18.2 Å². The minimum absolute atomic E-state index is 0.238. The number of benzene rings is 1. The molecule has 3 nitrogen and oxygen atoms in total. The van der Waals surface area contributed by atoms with Gasteiger partial charge in [-0.2, -0.15) is 8.42 Å². The lowest BCUT2D eigenvalue weighted by atomic mass is 10.0. The zero-order valence-electron chi connectivity index (χ0n) is 9.44. The van der Waals surface area contributed by atoms with Crippen molar-refractivity contribution in [2.24, 2.45) is 0 Å². The molecule has 0 atom stereocenters. The molecule has 0 spiro atoms. The lowest BCUT2D eigenvalue weighted by Gasteiger charge is -2.12. The molecule has 0 unspecified atom stereocenters. The highest BCUT2D eigenvalue weighted by atomic mass is 32.2. The van der Waals surface area contributed by atoms with Crippen molar-refractivity contribution in [2.75, 3.05) is 6.26 Å². The molecule has 0 fully saturated rings.